The summed E-state index contributed by atoms with van der Waals surface area (Å²) >= 11 is 5.94. The normalized spacial score (nSPS) is 18.0. The fourth-order valence-electron chi connectivity index (χ4n) is 4.85. The number of thioether (sulfide) groups is 2. The number of nitrogen functional groups attached to an aromatic ring is 1. The van der Waals surface area contributed by atoms with Crippen LogP contribution in [0.4, 0.5) is 5.69 Å². The first-order valence-corrected chi connectivity index (χ1v) is 16.8. The molecule has 0 fully saturated rings. The number of carbonyl (C=O) groups is 2. The predicted octanol–water partition coefficient (Wildman–Crippen LogP) is 6.08. The molecule has 2 unspecified atom stereocenters. The zero-order valence-electron chi connectivity index (χ0n) is 22.5. The van der Waals surface area contributed by atoms with E-state index in [9.17, 15) is 14.7 Å². The smallest absolute Gasteiger partial charge is 0.329 e. The van der Waals surface area contributed by atoms with Gasteiger partial charge in [-0.3, -0.25) is 9.98 Å². The van der Waals surface area contributed by atoms with E-state index in [4.69, 9.17) is 15.9 Å². The summed E-state index contributed by atoms with van der Waals surface area (Å²) in [7, 11) is 0. The maximum absolute atomic E-state index is 11.0. The van der Waals surface area contributed by atoms with Gasteiger partial charge in [0, 0.05) is 28.0 Å². The SMILES string of the molecule is Nc1ccc2c(ccc3nc(C4=NC(C(=O)O)CS4)sc32)c1.O=C(O)C1CSC(c2nc3ccc4cc(O)ccc4c3s2)=N1. The summed E-state index contributed by atoms with van der Waals surface area (Å²) in [5, 5.41) is 34.7. The number of phenolic OH excluding ortho intramolecular Hbond substituents is 1. The van der Waals surface area contributed by atoms with Crippen molar-refractivity contribution in [1.29, 1.82) is 0 Å². The van der Waals surface area contributed by atoms with Crippen molar-refractivity contribution in [3.05, 3.63) is 70.7 Å². The standard InChI is InChI=1S/C15H11N3O2S2.C15H10N2O3S2/c16-8-2-3-9-7(5-8)1-4-10-12(9)22-14(17-10)13-18-11(6-21-13)15(19)20;18-8-2-3-9-7(5-8)1-4-10-12(9)22-14(16-10)13-17-11(6-21-13)15(19)20/h1-5,11H,6,16H2,(H,19,20);1-5,11,18H,6H2,(H,19,20). The summed E-state index contributed by atoms with van der Waals surface area (Å²) in [6.45, 7) is 0. The number of rotatable bonds is 4. The Hall–Kier alpha value is -4.24. The summed E-state index contributed by atoms with van der Waals surface area (Å²) in [5.41, 5.74) is 8.32. The molecule has 14 heteroatoms. The van der Waals surface area contributed by atoms with Gasteiger partial charge in [-0.1, -0.05) is 18.2 Å². The first kappa shape index (κ1) is 28.5. The number of phenols is 1. The van der Waals surface area contributed by atoms with E-state index >= 15 is 0 Å². The van der Waals surface area contributed by atoms with E-state index in [1.165, 1.54) is 34.9 Å². The Kier molecular flexibility index (Phi) is 7.36. The highest BCUT2D eigenvalue weighted by Gasteiger charge is 2.28. The van der Waals surface area contributed by atoms with Crippen molar-refractivity contribution in [3.8, 4) is 5.75 Å². The van der Waals surface area contributed by atoms with Crippen molar-refractivity contribution in [1.82, 2.24) is 9.97 Å². The third kappa shape index (κ3) is 5.34. The molecule has 0 radical (unpaired) electrons. The van der Waals surface area contributed by atoms with Crippen molar-refractivity contribution >= 4 is 116 Å². The molecule has 220 valence electrons. The molecule has 0 saturated carbocycles. The topological polar surface area (TPSA) is 171 Å². The highest BCUT2D eigenvalue weighted by molar-refractivity contribution is 8.15. The van der Waals surface area contributed by atoms with Crippen molar-refractivity contribution in [2.45, 2.75) is 12.1 Å². The molecule has 0 spiro atoms. The van der Waals surface area contributed by atoms with E-state index in [0.717, 1.165) is 62.7 Å². The number of fused-ring (bicyclic) bond motifs is 6. The van der Waals surface area contributed by atoms with Crippen LogP contribution in [0.15, 0.2) is 70.6 Å². The molecule has 6 aromatic rings. The number of anilines is 1. The summed E-state index contributed by atoms with van der Waals surface area (Å²) in [5.74, 6) is -0.627. The minimum absolute atomic E-state index is 0.233. The second-order valence-electron chi connectivity index (χ2n) is 9.95. The van der Waals surface area contributed by atoms with Crippen LogP contribution in [0.25, 0.3) is 42.0 Å². The van der Waals surface area contributed by atoms with Gasteiger partial charge in [-0.15, -0.1) is 46.2 Å². The van der Waals surface area contributed by atoms with Gasteiger partial charge in [0.05, 0.1) is 20.4 Å². The third-order valence-electron chi connectivity index (χ3n) is 6.99. The Bertz CT molecular complexity index is 2050. The van der Waals surface area contributed by atoms with E-state index < -0.39 is 24.0 Å². The lowest BCUT2D eigenvalue weighted by atomic mass is 10.1. The Balaban J connectivity index is 0.000000142. The molecule has 4 heterocycles. The van der Waals surface area contributed by atoms with Crippen LogP contribution in [-0.4, -0.2) is 70.9 Å². The molecule has 5 N–H and O–H groups in total. The average Bonchev–Trinajstić information content (AvgIpc) is 3.81. The molecule has 4 aromatic carbocycles. The zero-order chi connectivity index (χ0) is 30.5. The Morgan fingerprint density at radius 1 is 0.705 bits per heavy atom. The minimum atomic E-state index is -0.899. The van der Waals surface area contributed by atoms with E-state index in [1.807, 2.05) is 48.5 Å². The number of aliphatic imine (C=N–C) groups is 2. The first-order valence-electron chi connectivity index (χ1n) is 13.2. The molecule has 8 rings (SSSR count). The average molecular weight is 660 g/mol. The highest BCUT2D eigenvalue weighted by Crippen LogP contribution is 2.36. The van der Waals surface area contributed by atoms with Gasteiger partial charge in [0.2, 0.25) is 0 Å². The first-order chi connectivity index (χ1) is 21.2. The fourth-order valence-corrected chi connectivity index (χ4v) is 9.25. The number of carboxylic acid groups (broad SMARTS) is 2. The monoisotopic (exact) mass is 659 g/mol. The van der Waals surface area contributed by atoms with Crippen molar-refractivity contribution in [2.75, 3.05) is 17.2 Å². The van der Waals surface area contributed by atoms with Crippen LogP contribution in [0.1, 0.15) is 10.0 Å². The van der Waals surface area contributed by atoms with Gasteiger partial charge < -0.3 is 21.1 Å². The van der Waals surface area contributed by atoms with Crippen LogP contribution in [0, 0.1) is 0 Å². The van der Waals surface area contributed by atoms with Gasteiger partial charge in [0.15, 0.2) is 12.1 Å². The maximum Gasteiger partial charge on any atom is 0.329 e. The summed E-state index contributed by atoms with van der Waals surface area (Å²) < 4.78 is 2.10. The number of benzene rings is 4. The van der Waals surface area contributed by atoms with Gasteiger partial charge in [-0.05, 0) is 53.2 Å². The van der Waals surface area contributed by atoms with E-state index in [2.05, 4.69) is 20.0 Å². The second kappa shape index (κ2) is 11.4. The summed E-state index contributed by atoms with van der Waals surface area (Å²) in [6, 6.07) is 17.5. The predicted molar refractivity (Wildman–Crippen MR) is 181 cm³/mol. The van der Waals surface area contributed by atoms with Crippen LogP contribution >= 0.6 is 46.2 Å². The quantitative estimate of drug-likeness (QED) is 0.163. The van der Waals surface area contributed by atoms with Gasteiger partial charge in [-0.25, -0.2) is 19.6 Å². The molecule has 44 heavy (non-hydrogen) atoms. The Morgan fingerprint density at radius 3 is 1.70 bits per heavy atom. The van der Waals surface area contributed by atoms with Gasteiger partial charge in [-0.2, -0.15) is 0 Å². The number of aliphatic carboxylic acids is 2. The molecule has 10 nitrogen and oxygen atoms in total. The van der Waals surface area contributed by atoms with E-state index in [0.29, 0.717) is 16.5 Å². The van der Waals surface area contributed by atoms with Crippen molar-refractivity contribution in [2.24, 2.45) is 9.98 Å². The molecule has 2 aromatic heterocycles. The highest BCUT2D eigenvalue weighted by atomic mass is 32.2. The number of hydrogen-bond donors (Lipinski definition) is 4. The number of hydrogen-bond acceptors (Lipinski definition) is 12. The second-order valence-corrected chi connectivity index (χ2v) is 14.0. The molecule has 2 aliphatic heterocycles. The number of aromatic nitrogens is 2. The van der Waals surface area contributed by atoms with Gasteiger partial charge in [0.25, 0.3) is 0 Å². The maximum atomic E-state index is 11.0. The number of nitrogens with zero attached hydrogens (tertiary/aromatic N) is 4. The Labute approximate surface area is 265 Å². The molecule has 0 aliphatic carbocycles. The molecule has 0 amide bonds. The third-order valence-corrected chi connectivity index (χ3v) is 11.6. The van der Waals surface area contributed by atoms with E-state index in [-0.39, 0.29) is 5.75 Å². The van der Waals surface area contributed by atoms with Crippen molar-refractivity contribution < 1.29 is 24.9 Å². The van der Waals surface area contributed by atoms with Crippen LogP contribution in [0.5, 0.6) is 5.75 Å². The zero-order valence-corrected chi connectivity index (χ0v) is 25.8. The number of thiazole rings is 2. The molecular formula is C30H21N5O5S4. The number of aromatic hydroxyl groups is 1. The molecule has 0 bridgehead atoms. The van der Waals surface area contributed by atoms with Crippen LogP contribution in [0.2, 0.25) is 0 Å². The Morgan fingerprint density at radius 2 is 1.20 bits per heavy atom. The summed E-state index contributed by atoms with van der Waals surface area (Å²) in [4.78, 5) is 39.7. The lowest BCUT2D eigenvalue weighted by Crippen LogP contribution is -2.17. The van der Waals surface area contributed by atoms with Crippen molar-refractivity contribution in [3.63, 3.8) is 0 Å². The minimum Gasteiger partial charge on any atom is -0.508 e. The lowest BCUT2D eigenvalue weighted by Gasteiger charge is -1.99. The van der Waals surface area contributed by atoms with Gasteiger partial charge >= 0.3 is 11.9 Å². The molecule has 0 saturated heterocycles. The number of carboxylic acids is 2. The van der Waals surface area contributed by atoms with Crippen LogP contribution < -0.4 is 5.73 Å². The molecule has 2 atom stereocenters. The van der Waals surface area contributed by atoms with Crippen LogP contribution in [0.3, 0.4) is 0 Å². The fraction of sp³-hybridized carbons (Fsp3) is 0.133. The lowest BCUT2D eigenvalue weighted by molar-refractivity contribution is -0.138. The summed E-state index contributed by atoms with van der Waals surface area (Å²) in [6.07, 6.45) is 0. The van der Waals surface area contributed by atoms with Crippen LogP contribution in [-0.2, 0) is 9.59 Å². The molecular weight excluding hydrogens is 639 g/mol. The molecule has 2 aliphatic rings. The van der Waals surface area contributed by atoms with Gasteiger partial charge in [0.1, 0.15) is 25.9 Å². The van der Waals surface area contributed by atoms with E-state index in [1.54, 1.807) is 23.5 Å². The largest absolute Gasteiger partial charge is 0.508 e. The number of nitrogens with two attached hydrogens (primary N) is 1.